The molecule has 5 aliphatic rings. The summed E-state index contributed by atoms with van der Waals surface area (Å²) >= 11 is 0. The highest BCUT2D eigenvalue weighted by Gasteiger charge is 2.70. The summed E-state index contributed by atoms with van der Waals surface area (Å²) in [4.78, 5) is 9.69. The van der Waals surface area contributed by atoms with E-state index in [1.807, 2.05) is 32.0 Å². The Morgan fingerprint density at radius 1 is 1.06 bits per heavy atom. The van der Waals surface area contributed by atoms with Crippen LogP contribution < -0.4 is 0 Å². The van der Waals surface area contributed by atoms with E-state index in [1.165, 1.54) is 25.7 Å². The van der Waals surface area contributed by atoms with Crippen molar-refractivity contribution in [2.75, 3.05) is 20.1 Å². The molecule has 0 aromatic heterocycles. The van der Waals surface area contributed by atoms with Gasteiger partial charge in [-0.2, -0.15) is 0 Å². The van der Waals surface area contributed by atoms with Crippen LogP contribution in [0.25, 0.3) is 0 Å². The van der Waals surface area contributed by atoms with Crippen molar-refractivity contribution in [3.05, 3.63) is 0 Å². The maximum Gasteiger partial charge on any atom is 0.164 e. The highest BCUT2D eigenvalue weighted by atomic mass is 19.2. The van der Waals surface area contributed by atoms with Gasteiger partial charge in [0, 0.05) is 17.7 Å². The van der Waals surface area contributed by atoms with Crippen molar-refractivity contribution in [2.24, 2.45) is 28.2 Å². The molecule has 0 aromatic rings. The van der Waals surface area contributed by atoms with Crippen LogP contribution in [0.15, 0.2) is 4.99 Å². The third-order valence-corrected chi connectivity index (χ3v) is 10.5. The monoisotopic (exact) mass is 483 g/mol. The smallest absolute Gasteiger partial charge is 0.164 e. The summed E-state index contributed by atoms with van der Waals surface area (Å²) in [5, 5.41) is 0. The number of hydrogen-bond donors (Lipinski definition) is 0. The highest BCUT2D eigenvalue weighted by molar-refractivity contribution is 5.72. The standard InChI is InChI=1S/C27H44F3N3O/c1-6-12-33(7-2)20-14-21-24(17-11-9-8-10-16(17)20)31-15-27(34-21)26(3,4)18-13-19(28)22(29)23(30)25(18)32(27)5/h15-25H,6-14H2,1-5H3. The van der Waals surface area contributed by atoms with Crippen LogP contribution in [0, 0.1) is 23.2 Å². The first kappa shape index (κ1) is 25.0. The molecule has 0 N–H and O–H groups in total. The van der Waals surface area contributed by atoms with Gasteiger partial charge in [-0.1, -0.05) is 40.5 Å². The van der Waals surface area contributed by atoms with Gasteiger partial charge in [-0.05, 0) is 70.0 Å². The molecular formula is C27H44F3N3O. The molecule has 2 aliphatic heterocycles. The molecule has 0 bridgehead atoms. The number of aliphatic imine (C=N–C) groups is 1. The van der Waals surface area contributed by atoms with E-state index in [0.29, 0.717) is 17.9 Å². The SMILES string of the molecule is CCCN(CC)C1CC2OC3(C=NC2C2CCCCC21)N(C)C1C(F)C(F)C(F)CC1C3(C)C. The normalized spacial score (nSPS) is 50.3. The Bertz CT molecular complexity index is 780. The average Bonchev–Trinajstić information content (AvgIpc) is 2.98. The molecule has 34 heavy (non-hydrogen) atoms. The quantitative estimate of drug-likeness (QED) is 0.550. The van der Waals surface area contributed by atoms with Crippen LogP contribution >= 0.6 is 0 Å². The fraction of sp³-hybridized carbons (Fsp3) is 0.963. The van der Waals surface area contributed by atoms with Gasteiger partial charge >= 0.3 is 0 Å². The van der Waals surface area contributed by atoms with Gasteiger partial charge in [-0.15, -0.1) is 0 Å². The van der Waals surface area contributed by atoms with Crippen molar-refractivity contribution in [1.82, 2.24) is 9.80 Å². The van der Waals surface area contributed by atoms with E-state index < -0.39 is 35.7 Å². The number of ether oxygens (including phenoxy) is 1. The zero-order valence-electron chi connectivity index (χ0n) is 21.6. The van der Waals surface area contributed by atoms with E-state index in [0.717, 1.165) is 25.9 Å². The van der Waals surface area contributed by atoms with E-state index in [2.05, 4.69) is 18.7 Å². The van der Waals surface area contributed by atoms with Crippen molar-refractivity contribution in [3.8, 4) is 0 Å². The van der Waals surface area contributed by atoms with E-state index in [1.54, 1.807) is 0 Å². The van der Waals surface area contributed by atoms with E-state index in [4.69, 9.17) is 9.73 Å². The van der Waals surface area contributed by atoms with Crippen molar-refractivity contribution in [3.63, 3.8) is 0 Å². The Balaban J connectivity index is 1.50. The molecule has 1 spiro atoms. The maximum atomic E-state index is 15.2. The van der Waals surface area contributed by atoms with Gasteiger partial charge in [0.05, 0.1) is 18.2 Å². The number of fused-ring (bicyclic) bond motifs is 4. The second-order valence-electron chi connectivity index (χ2n) is 12.2. The van der Waals surface area contributed by atoms with Crippen LogP contribution in [0.2, 0.25) is 0 Å². The zero-order chi connectivity index (χ0) is 24.4. The Kier molecular flexibility index (Phi) is 6.64. The molecule has 11 unspecified atom stereocenters. The highest BCUT2D eigenvalue weighted by Crippen LogP contribution is 2.59. The number of alkyl halides is 3. The Labute approximate surface area is 203 Å². The van der Waals surface area contributed by atoms with Crippen LogP contribution in [-0.4, -0.2) is 84.6 Å². The van der Waals surface area contributed by atoms with Crippen LogP contribution in [-0.2, 0) is 4.74 Å². The van der Waals surface area contributed by atoms with Crippen molar-refractivity contribution in [1.29, 1.82) is 0 Å². The first-order valence-corrected chi connectivity index (χ1v) is 13.8. The van der Waals surface area contributed by atoms with Gasteiger partial charge in [-0.3, -0.25) is 9.89 Å². The average molecular weight is 484 g/mol. The summed E-state index contributed by atoms with van der Waals surface area (Å²) in [6.07, 6.45) is 3.23. The molecule has 0 amide bonds. The number of rotatable bonds is 4. The van der Waals surface area contributed by atoms with Crippen LogP contribution in [0.1, 0.15) is 72.6 Å². The second-order valence-corrected chi connectivity index (χ2v) is 12.2. The minimum Gasteiger partial charge on any atom is -0.349 e. The lowest BCUT2D eigenvalue weighted by Gasteiger charge is -2.56. The lowest BCUT2D eigenvalue weighted by atomic mass is 9.63. The van der Waals surface area contributed by atoms with Crippen molar-refractivity contribution < 1.29 is 17.9 Å². The molecule has 11 atom stereocenters. The van der Waals surface area contributed by atoms with Crippen LogP contribution in [0.3, 0.4) is 0 Å². The van der Waals surface area contributed by atoms with Crippen molar-refractivity contribution in [2.45, 2.75) is 121 Å². The van der Waals surface area contributed by atoms with Gasteiger partial charge < -0.3 is 9.64 Å². The van der Waals surface area contributed by atoms with Crippen molar-refractivity contribution >= 4 is 6.21 Å². The predicted molar refractivity (Wildman–Crippen MR) is 129 cm³/mol. The van der Waals surface area contributed by atoms with Crippen LogP contribution in [0.5, 0.6) is 0 Å². The van der Waals surface area contributed by atoms with Gasteiger partial charge in [0.2, 0.25) is 0 Å². The fourth-order valence-corrected chi connectivity index (χ4v) is 8.72. The summed E-state index contributed by atoms with van der Waals surface area (Å²) < 4.78 is 51.2. The summed E-state index contributed by atoms with van der Waals surface area (Å²) in [7, 11) is 1.83. The molecule has 2 heterocycles. The summed E-state index contributed by atoms with van der Waals surface area (Å²) in [6, 6.07) is -0.101. The molecule has 1 saturated heterocycles. The maximum absolute atomic E-state index is 15.2. The second kappa shape index (κ2) is 9.02. The third-order valence-electron chi connectivity index (χ3n) is 10.5. The number of halogens is 3. The van der Waals surface area contributed by atoms with E-state index in [-0.39, 0.29) is 24.5 Å². The van der Waals surface area contributed by atoms with Gasteiger partial charge in [0.25, 0.3) is 0 Å². The zero-order valence-corrected chi connectivity index (χ0v) is 21.6. The summed E-state index contributed by atoms with van der Waals surface area (Å²) in [5.74, 6) is 0.822. The van der Waals surface area contributed by atoms with E-state index >= 15 is 4.39 Å². The Morgan fingerprint density at radius 3 is 2.44 bits per heavy atom. The first-order valence-electron chi connectivity index (χ1n) is 13.8. The first-order chi connectivity index (χ1) is 16.2. The van der Waals surface area contributed by atoms with Gasteiger partial charge in [0.15, 0.2) is 11.9 Å². The van der Waals surface area contributed by atoms with Crippen LogP contribution in [0.4, 0.5) is 13.2 Å². The lowest BCUT2D eigenvalue weighted by molar-refractivity contribution is -0.203. The number of nitrogens with zero attached hydrogens (tertiary/aromatic N) is 3. The van der Waals surface area contributed by atoms with Gasteiger partial charge in [-0.25, -0.2) is 13.2 Å². The topological polar surface area (TPSA) is 28.1 Å². The van der Waals surface area contributed by atoms with Gasteiger partial charge in [0.1, 0.15) is 12.3 Å². The molecule has 0 radical (unpaired) electrons. The number of likely N-dealkylation sites (tertiary alicyclic amines) is 1. The Hall–Kier alpha value is -0.660. The predicted octanol–water partition coefficient (Wildman–Crippen LogP) is 5.21. The third kappa shape index (κ3) is 3.46. The molecule has 3 aliphatic carbocycles. The summed E-state index contributed by atoms with van der Waals surface area (Å²) in [6.45, 7) is 10.7. The molecular weight excluding hydrogens is 439 g/mol. The minimum atomic E-state index is -2.07. The minimum absolute atomic E-state index is 0.0318. The molecule has 3 saturated carbocycles. The molecule has 4 nitrogen and oxygen atoms in total. The molecule has 5 rings (SSSR count). The number of hydrogen-bond acceptors (Lipinski definition) is 4. The summed E-state index contributed by atoms with van der Waals surface area (Å²) in [5.41, 5.74) is -1.52. The Morgan fingerprint density at radius 2 is 1.76 bits per heavy atom. The largest absolute Gasteiger partial charge is 0.349 e. The molecule has 194 valence electrons. The molecule has 7 heteroatoms. The fourth-order valence-electron chi connectivity index (χ4n) is 8.72. The molecule has 4 fully saturated rings. The molecule has 0 aromatic carbocycles. The van der Waals surface area contributed by atoms with E-state index in [9.17, 15) is 8.78 Å². The lowest BCUT2D eigenvalue weighted by Crippen LogP contribution is -2.65.